The molecular weight excluding hydrogens is 313 g/mol. The number of nitrogens with zero attached hydrogens (tertiary/aromatic N) is 2. The first-order valence-corrected chi connectivity index (χ1v) is 7.84. The summed E-state index contributed by atoms with van der Waals surface area (Å²) in [7, 11) is 0. The van der Waals surface area contributed by atoms with E-state index in [1.54, 1.807) is 12.1 Å². The number of nitrogens with one attached hydrogen (secondary N) is 1. The molecule has 6 nitrogen and oxygen atoms in total. The summed E-state index contributed by atoms with van der Waals surface area (Å²) in [5, 5.41) is 6.83. The molecule has 0 aliphatic carbocycles. The summed E-state index contributed by atoms with van der Waals surface area (Å²) in [6.07, 6.45) is 1.96. The molecule has 1 saturated heterocycles. The zero-order chi connectivity index (χ0) is 16.9. The first-order valence-electron chi connectivity index (χ1n) is 7.84. The highest BCUT2D eigenvalue weighted by Crippen LogP contribution is 2.10. The molecule has 0 saturated carbocycles. The van der Waals surface area contributed by atoms with E-state index in [-0.39, 0.29) is 35.6 Å². The standard InChI is InChI=1S/C17H18FN3O3/c18-13-4-1-3-12(9-13)11-21-16(22)7-6-15(20-21)17(23)19-10-14-5-2-8-24-14/h1,3-4,6-7,9,14H,2,5,8,10-11H2,(H,19,23). The van der Waals surface area contributed by atoms with Crippen LogP contribution in [0.5, 0.6) is 0 Å². The molecule has 1 N–H and O–H groups in total. The van der Waals surface area contributed by atoms with Gasteiger partial charge in [0.05, 0.1) is 12.6 Å². The average Bonchev–Trinajstić information content (AvgIpc) is 3.08. The number of benzene rings is 1. The van der Waals surface area contributed by atoms with E-state index < -0.39 is 0 Å². The summed E-state index contributed by atoms with van der Waals surface area (Å²) in [6.45, 7) is 1.24. The van der Waals surface area contributed by atoms with Crippen LogP contribution in [0.1, 0.15) is 28.9 Å². The van der Waals surface area contributed by atoms with Crippen LogP contribution in [0.15, 0.2) is 41.2 Å². The van der Waals surface area contributed by atoms with Gasteiger partial charge in [-0.15, -0.1) is 0 Å². The maximum Gasteiger partial charge on any atom is 0.271 e. The zero-order valence-corrected chi connectivity index (χ0v) is 13.1. The van der Waals surface area contributed by atoms with E-state index in [0.717, 1.165) is 24.1 Å². The van der Waals surface area contributed by atoms with Gasteiger partial charge in [-0.25, -0.2) is 9.07 Å². The highest BCUT2D eigenvalue weighted by molar-refractivity contribution is 5.92. The summed E-state index contributed by atoms with van der Waals surface area (Å²) in [6, 6.07) is 8.59. The number of halogens is 1. The number of ether oxygens (including phenoxy) is 1. The summed E-state index contributed by atoms with van der Waals surface area (Å²) < 4.78 is 19.8. The van der Waals surface area contributed by atoms with Crippen LogP contribution in [0.25, 0.3) is 0 Å². The second-order valence-electron chi connectivity index (χ2n) is 5.69. The Morgan fingerprint density at radius 2 is 2.25 bits per heavy atom. The van der Waals surface area contributed by atoms with Crippen molar-refractivity contribution in [3.05, 3.63) is 63.8 Å². The predicted octanol–water partition coefficient (Wildman–Crippen LogP) is 1.34. The van der Waals surface area contributed by atoms with Gasteiger partial charge in [0.2, 0.25) is 0 Å². The van der Waals surface area contributed by atoms with Gasteiger partial charge in [0.15, 0.2) is 0 Å². The van der Waals surface area contributed by atoms with E-state index >= 15 is 0 Å². The van der Waals surface area contributed by atoms with Crippen LogP contribution in [0.3, 0.4) is 0 Å². The fourth-order valence-electron chi connectivity index (χ4n) is 2.59. The van der Waals surface area contributed by atoms with E-state index in [0.29, 0.717) is 12.1 Å². The monoisotopic (exact) mass is 331 g/mol. The predicted molar refractivity (Wildman–Crippen MR) is 85.3 cm³/mol. The van der Waals surface area contributed by atoms with E-state index in [1.165, 1.54) is 24.3 Å². The first-order chi connectivity index (χ1) is 11.6. The van der Waals surface area contributed by atoms with Crippen LogP contribution >= 0.6 is 0 Å². The van der Waals surface area contributed by atoms with Crippen molar-refractivity contribution in [2.24, 2.45) is 0 Å². The lowest BCUT2D eigenvalue weighted by Crippen LogP contribution is -2.34. The summed E-state index contributed by atoms with van der Waals surface area (Å²) in [4.78, 5) is 24.1. The molecule has 1 atom stereocenters. The molecule has 126 valence electrons. The fraction of sp³-hybridized carbons (Fsp3) is 0.353. The molecule has 3 rings (SSSR count). The van der Waals surface area contributed by atoms with E-state index in [2.05, 4.69) is 10.4 Å². The van der Waals surface area contributed by atoms with Crippen molar-refractivity contribution < 1.29 is 13.9 Å². The van der Waals surface area contributed by atoms with Crippen molar-refractivity contribution >= 4 is 5.91 Å². The van der Waals surface area contributed by atoms with Gasteiger partial charge in [0, 0.05) is 19.2 Å². The second kappa shape index (κ2) is 7.35. The third kappa shape index (κ3) is 4.05. The Kier molecular flexibility index (Phi) is 5.00. The van der Waals surface area contributed by atoms with Gasteiger partial charge in [-0.05, 0) is 36.6 Å². The molecule has 1 fully saturated rings. The molecule has 1 amide bonds. The van der Waals surface area contributed by atoms with Crippen LogP contribution < -0.4 is 10.9 Å². The number of carbonyl (C=O) groups is 1. The molecular formula is C17H18FN3O3. The van der Waals surface area contributed by atoms with E-state index in [9.17, 15) is 14.0 Å². The maximum atomic E-state index is 13.2. The van der Waals surface area contributed by atoms with Crippen LogP contribution in [-0.2, 0) is 11.3 Å². The number of aromatic nitrogens is 2. The van der Waals surface area contributed by atoms with Crippen LogP contribution in [0.2, 0.25) is 0 Å². The third-order valence-corrected chi connectivity index (χ3v) is 3.83. The molecule has 1 aliphatic rings. The Balaban J connectivity index is 1.70. The fourth-order valence-corrected chi connectivity index (χ4v) is 2.59. The lowest BCUT2D eigenvalue weighted by molar-refractivity contribution is 0.0851. The molecule has 0 radical (unpaired) electrons. The molecule has 24 heavy (non-hydrogen) atoms. The largest absolute Gasteiger partial charge is 0.376 e. The van der Waals surface area contributed by atoms with Gasteiger partial charge < -0.3 is 10.1 Å². The molecule has 0 spiro atoms. The molecule has 1 unspecified atom stereocenters. The van der Waals surface area contributed by atoms with Gasteiger partial charge >= 0.3 is 0 Å². The Labute approximate surface area is 138 Å². The summed E-state index contributed by atoms with van der Waals surface area (Å²) in [5.41, 5.74) is 0.389. The van der Waals surface area contributed by atoms with Crippen molar-refractivity contribution in [2.45, 2.75) is 25.5 Å². The Bertz CT molecular complexity index is 785. The highest BCUT2D eigenvalue weighted by atomic mass is 19.1. The van der Waals surface area contributed by atoms with Crippen molar-refractivity contribution in [2.75, 3.05) is 13.2 Å². The lowest BCUT2D eigenvalue weighted by Gasteiger charge is -2.11. The van der Waals surface area contributed by atoms with Gasteiger partial charge in [-0.3, -0.25) is 9.59 Å². The van der Waals surface area contributed by atoms with Crippen molar-refractivity contribution in [1.29, 1.82) is 0 Å². The van der Waals surface area contributed by atoms with Gasteiger partial charge in [-0.1, -0.05) is 12.1 Å². The minimum absolute atomic E-state index is 0.0344. The average molecular weight is 331 g/mol. The molecule has 7 heteroatoms. The van der Waals surface area contributed by atoms with E-state index in [1.807, 2.05) is 0 Å². The van der Waals surface area contributed by atoms with Crippen molar-refractivity contribution in [1.82, 2.24) is 15.1 Å². The van der Waals surface area contributed by atoms with Gasteiger partial charge in [0.1, 0.15) is 11.5 Å². The Hall–Kier alpha value is -2.54. The van der Waals surface area contributed by atoms with Gasteiger partial charge in [-0.2, -0.15) is 5.10 Å². The molecule has 0 bridgehead atoms. The van der Waals surface area contributed by atoms with Crippen LogP contribution in [-0.4, -0.2) is 34.9 Å². The van der Waals surface area contributed by atoms with Crippen molar-refractivity contribution in [3.8, 4) is 0 Å². The van der Waals surface area contributed by atoms with Crippen LogP contribution in [0, 0.1) is 5.82 Å². The Morgan fingerprint density at radius 1 is 1.38 bits per heavy atom. The number of hydrogen-bond donors (Lipinski definition) is 1. The SMILES string of the molecule is O=C(NCC1CCCO1)c1ccc(=O)n(Cc2cccc(F)c2)n1. The number of amides is 1. The summed E-state index contributed by atoms with van der Waals surface area (Å²) in [5.74, 6) is -0.746. The van der Waals surface area contributed by atoms with Crippen LogP contribution in [0.4, 0.5) is 4.39 Å². The quantitative estimate of drug-likeness (QED) is 0.897. The maximum absolute atomic E-state index is 13.2. The lowest BCUT2D eigenvalue weighted by atomic mass is 10.2. The number of hydrogen-bond acceptors (Lipinski definition) is 4. The first kappa shape index (κ1) is 16.3. The normalized spacial score (nSPS) is 17.0. The third-order valence-electron chi connectivity index (χ3n) is 3.83. The molecule has 2 heterocycles. The molecule has 1 aliphatic heterocycles. The number of rotatable bonds is 5. The Morgan fingerprint density at radius 3 is 3.00 bits per heavy atom. The minimum Gasteiger partial charge on any atom is -0.376 e. The molecule has 2 aromatic rings. The van der Waals surface area contributed by atoms with E-state index in [4.69, 9.17) is 4.74 Å². The van der Waals surface area contributed by atoms with Gasteiger partial charge in [0.25, 0.3) is 11.5 Å². The zero-order valence-electron chi connectivity index (χ0n) is 13.1. The highest BCUT2D eigenvalue weighted by Gasteiger charge is 2.17. The minimum atomic E-state index is -0.383. The smallest absolute Gasteiger partial charge is 0.271 e. The summed E-state index contributed by atoms with van der Waals surface area (Å²) >= 11 is 0. The number of carbonyl (C=O) groups excluding carboxylic acids is 1. The second-order valence-corrected chi connectivity index (χ2v) is 5.69. The molecule has 1 aromatic carbocycles. The topological polar surface area (TPSA) is 73.2 Å². The molecule has 1 aromatic heterocycles. The van der Waals surface area contributed by atoms with Crippen molar-refractivity contribution in [3.63, 3.8) is 0 Å².